The molecule has 0 radical (unpaired) electrons. The van der Waals surface area contributed by atoms with Gasteiger partial charge in [-0.05, 0) is 31.9 Å². The molecular formula is C13H22ClN3O3S2. The van der Waals surface area contributed by atoms with Crippen molar-refractivity contribution in [1.29, 1.82) is 0 Å². The van der Waals surface area contributed by atoms with E-state index in [0.29, 0.717) is 23.9 Å². The second kappa shape index (κ2) is 7.74. The Balaban J connectivity index is 0.00000242. The molecule has 6 nitrogen and oxygen atoms in total. The lowest BCUT2D eigenvalue weighted by molar-refractivity contribution is 0.0578. The van der Waals surface area contributed by atoms with Gasteiger partial charge in [0.2, 0.25) is 10.0 Å². The predicted octanol–water partition coefficient (Wildman–Crippen LogP) is 1.28. The number of rotatable bonds is 4. The second-order valence-electron chi connectivity index (χ2n) is 5.37. The molecule has 0 aromatic carbocycles. The highest BCUT2D eigenvalue weighted by molar-refractivity contribution is 7.89. The number of nitrogens with two attached hydrogens (primary N) is 1. The van der Waals surface area contributed by atoms with Crippen molar-refractivity contribution in [3.8, 4) is 0 Å². The summed E-state index contributed by atoms with van der Waals surface area (Å²) in [5.41, 5.74) is 5.77. The van der Waals surface area contributed by atoms with Crippen LogP contribution in [0.4, 0.5) is 0 Å². The molecule has 9 heteroatoms. The Morgan fingerprint density at radius 2 is 2.23 bits per heavy atom. The minimum atomic E-state index is -3.50. The van der Waals surface area contributed by atoms with Crippen LogP contribution in [-0.2, 0) is 10.0 Å². The van der Waals surface area contributed by atoms with E-state index in [9.17, 15) is 13.2 Å². The highest BCUT2D eigenvalue weighted by atomic mass is 35.5. The van der Waals surface area contributed by atoms with Gasteiger partial charge >= 0.3 is 0 Å². The number of halogens is 1. The van der Waals surface area contributed by atoms with Gasteiger partial charge in [0, 0.05) is 24.5 Å². The molecule has 2 heterocycles. The lowest BCUT2D eigenvalue weighted by atomic mass is 9.92. The van der Waals surface area contributed by atoms with Gasteiger partial charge in [0.25, 0.3) is 5.91 Å². The van der Waals surface area contributed by atoms with Crippen molar-refractivity contribution in [3.05, 3.63) is 16.3 Å². The molecule has 126 valence electrons. The molecule has 1 saturated heterocycles. The molecule has 2 rings (SSSR count). The summed E-state index contributed by atoms with van der Waals surface area (Å²) in [6.07, 6.45) is 1.85. The van der Waals surface area contributed by atoms with E-state index in [1.54, 1.807) is 4.90 Å². The Morgan fingerprint density at radius 1 is 1.55 bits per heavy atom. The van der Waals surface area contributed by atoms with E-state index in [2.05, 4.69) is 11.6 Å². The minimum Gasteiger partial charge on any atom is -0.334 e. The van der Waals surface area contributed by atoms with Crippen LogP contribution in [-0.4, -0.2) is 45.4 Å². The molecule has 1 aromatic heterocycles. The first-order chi connectivity index (χ1) is 9.89. The molecule has 1 fully saturated rings. The molecule has 2 unspecified atom stereocenters. The third-order valence-corrected chi connectivity index (χ3v) is 6.34. The summed E-state index contributed by atoms with van der Waals surface area (Å²) >= 11 is 1.16. The number of thiophene rings is 1. The summed E-state index contributed by atoms with van der Waals surface area (Å²) in [4.78, 5) is 14.9. The number of carbonyl (C=O) groups excluding carboxylic acids is 1. The van der Waals surface area contributed by atoms with Crippen molar-refractivity contribution >= 4 is 39.7 Å². The summed E-state index contributed by atoms with van der Waals surface area (Å²) in [5, 5.41) is 1.49. The molecule has 22 heavy (non-hydrogen) atoms. The van der Waals surface area contributed by atoms with E-state index in [-0.39, 0.29) is 29.3 Å². The first-order valence-corrected chi connectivity index (χ1v) is 9.28. The fourth-order valence-corrected chi connectivity index (χ4v) is 4.53. The number of carbonyl (C=O) groups is 1. The van der Waals surface area contributed by atoms with Gasteiger partial charge in [-0.25, -0.2) is 13.1 Å². The van der Waals surface area contributed by atoms with Crippen LogP contribution in [0.3, 0.4) is 0 Å². The standard InChI is InChI=1S/C13H21N3O3S2.ClH/c1-9-3-4-16(10(5-9)7-14)13(17)12-6-11(8-20-12)21(18,19)15-2;/h6,8-10,15H,3-5,7,14H2,1-2H3;1H. The van der Waals surface area contributed by atoms with Crippen LogP contribution in [0, 0.1) is 5.92 Å². The van der Waals surface area contributed by atoms with Crippen LogP contribution < -0.4 is 10.5 Å². The van der Waals surface area contributed by atoms with Gasteiger partial charge in [0.05, 0.1) is 9.77 Å². The van der Waals surface area contributed by atoms with E-state index in [4.69, 9.17) is 5.73 Å². The summed E-state index contributed by atoms with van der Waals surface area (Å²) in [6, 6.07) is 1.47. The summed E-state index contributed by atoms with van der Waals surface area (Å²) in [7, 11) is -2.15. The number of likely N-dealkylation sites (tertiary alicyclic amines) is 1. The number of hydrogen-bond donors (Lipinski definition) is 2. The molecule has 0 saturated carbocycles. The van der Waals surface area contributed by atoms with Crippen LogP contribution >= 0.6 is 23.7 Å². The first kappa shape index (κ1) is 19.4. The third kappa shape index (κ3) is 3.99. The highest BCUT2D eigenvalue weighted by Gasteiger charge is 2.30. The van der Waals surface area contributed by atoms with Gasteiger partial charge in [0.1, 0.15) is 0 Å². The van der Waals surface area contributed by atoms with E-state index < -0.39 is 10.0 Å². The maximum absolute atomic E-state index is 12.6. The summed E-state index contributed by atoms with van der Waals surface area (Å²) < 4.78 is 25.7. The van der Waals surface area contributed by atoms with Gasteiger partial charge in [-0.2, -0.15) is 0 Å². The van der Waals surface area contributed by atoms with Crippen molar-refractivity contribution in [3.63, 3.8) is 0 Å². The van der Waals surface area contributed by atoms with Gasteiger partial charge in [-0.3, -0.25) is 4.79 Å². The normalized spacial score (nSPS) is 22.2. The average molecular weight is 368 g/mol. The predicted molar refractivity (Wildman–Crippen MR) is 90.1 cm³/mol. The van der Waals surface area contributed by atoms with Crippen molar-refractivity contribution in [2.45, 2.75) is 30.7 Å². The number of amides is 1. The number of sulfonamides is 1. The van der Waals surface area contributed by atoms with E-state index >= 15 is 0 Å². The zero-order valence-electron chi connectivity index (χ0n) is 12.6. The van der Waals surface area contributed by atoms with Gasteiger partial charge < -0.3 is 10.6 Å². The third-order valence-electron chi connectivity index (χ3n) is 3.88. The molecule has 1 aromatic rings. The zero-order valence-corrected chi connectivity index (χ0v) is 15.1. The van der Waals surface area contributed by atoms with Crippen LogP contribution in [0.5, 0.6) is 0 Å². The summed E-state index contributed by atoms with van der Waals surface area (Å²) in [5.74, 6) is 0.436. The Kier molecular flexibility index (Phi) is 6.82. The SMILES string of the molecule is CNS(=O)(=O)c1csc(C(=O)N2CCC(C)CC2CN)c1.Cl. The quantitative estimate of drug-likeness (QED) is 0.838. The smallest absolute Gasteiger partial charge is 0.264 e. The largest absolute Gasteiger partial charge is 0.334 e. The Labute approximate surface area is 141 Å². The molecule has 1 amide bonds. The van der Waals surface area contributed by atoms with E-state index in [1.807, 2.05) is 0 Å². The lowest BCUT2D eigenvalue weighted by Crippen LogP contribution is -2.49. The average Bonchev–Trinajstić information content (AvgIpc) is 2.97. The van der Waals surface area contributed by atoms with Crippen LogP contribution in [0.1, 0.15) is 29.4 Å². The molecule has 1 aliphatic heterocycles. The molecular weight excluding hydrogens is 346 g/mol. The Bertz CT molecular complexity index is 618. The number of piperidine rings is 1. The maximum atomic E-state index is 12.6. The molecule has 3 N–H and O–H groups in total. The van der Waals surface area contributed by atoms with E-state index in [1.165, 1.54) is 18.5 Å². The van der Waals surface area contributed by atoms with Crippen LogP contribution in [0.25, 0.3) is 0 Å². The van der Waals surface area contributed by atoms with Crippen molar-refractivity contribution in [2.24, 2.45) is 11.7 Å². The molecule has 1 aliphatic rings. The van der Waals surface area contributed by atoms with Crippen molar-refractivity contribution in [2.75, 3.05) is 20.1 Å². The molecule has 2 atom stereocenters. The van der Waals surface area contributed by atoms with Gasteiger partial charge in [-0.1, -0.05) is 6.92 Å². The molecule has 0 aliphatic carbocycles. The Morgan fingerprint density at radius 3 is 2.82 bits per heavy atom. The zero-order chi connectivity index (χ0) is 15.6. The highest BCUT2D eigenvalue weighted by Crippen LogP contribution is 2.26. The second-order valence-corrected chi connectivity index (χ2v) is 8.17. The Hall–Kier alpha value is -0.670. The number of nitrogens with one attached hydrogen (secondary N) is 1. The summed E-state index contributed by atoms with van der Waals surface area (Å²) in [6.45, 7) is 3.27. The number of hydrogen-bond acceptors (Lipinski definition) is 5. The van der Waals surface area contributed by atoms with Gasteiger partial charge in [0.15, 0.2) is 0 Å². The topological polar surface area (TPSA) is 92.5 Å². The fraction of sp³-hybridized carbons (Fsp3) is 0.615. The maximum Gasteiger partial charge on any atom is 0.264 e. The lowest BCUT2D eigenvalue weighted by Gasteiger charge is -2.37. The van der Waals surface area contributed by atoms with Crippen LogP contribution in [0.2, 0.25) is 0 Å². The van der Waals surface area contributed by atoms with Crippen molar-refractivity contribution in [1.82, 2.24) is 9.62 Å². The van der Waals surface area contributed by atoms with Crippen molar-refractivity contribution < 1.29 is 13.2 Å². The van der Waals surface area contributed by atoms with E-state index in [0.717, 1.165) is 24.2 Å². The van der Waals surface area contributed by atoms with Crippen LogP contribution in [0.15, 0.2) is 16.3 Å². The number of nitrogens with zero attached hydrogens (tertiary/aromatic N) is 1. The first-order valence-electron chi connectivity index (χ1n) is 6.92. The molecule has 0 spiro atoms. The monoisotopic (exact) mass is 367 g/mol. The fourth-order valence-electron chi connectivity index (χ4n) is 2.57. The minimum absolute atomic E-state index is 0. The molecule has 0 bridgehead atoms. The van der Waals surface area contributed by atoms with Gasteiger partial charge in [-0.15, -0.1) is 23.7 Å².